The Balaban J connectivity index is 1.73. The summed E-state index contributed by atoms with van der Waals surface area (Å²) in [4.78, 5) is 16.6. The fourth-order valence-electron chi connectivity index (χ4n) is 3.59. The van der Waals surface area contributed by atoms with Crippen LogP contribution in [-0.2, 0) is 23.9 Å². The van der Waals surface area contributed by atoms with Gasteiger partial charge in [-0.15, -0.1) is 0 Å². The second-order valence-corrected chi connectivity index (χ2v) is 8.90. The zero-order valence-corrected chi connectivity index (χ0v) is 19.0. The maximum Gasteiger partial charge on any atom is 0.416 e. The van der Waals surface area contributed by atoms with E-state index in [4.69, 9.17) is 0 Å². The minimum Gasteiger partial charge on any atom is -0.326 e. The molecule has 0 radical (unpaired) electrons. The number of halogens is 4. The number of rotatable bonds is 5. The number of carbonyl (C=O) groups is 1. The lowest BCUT2D eigenvalue weighted by atomic mass is 10.0. The van der Waals surface area contributed by atoms with Crippen molar-refractivity contribution in [3.8, 4) is 0 Å². The summed E-state index contributed by atoms with van der Waals surface area (Å²) in [5, 5.41) is 2.61. The zero-order valence-electron chi connectivity index (χ0n) is 16.8. The number of carbonyl (C=O) groups excluding carboxylic acids is 1. The second-order valence-electron chi connectivity index (χ2n) is 7.66. The first kappa shape index (κ1) is 23.0. The molecule has 3 rings (SSSR count). The molecule has 0 aliphatic carbocycles. The molecular formula is C22H25F3IN3O. The molecule has 1 saturated heterocycles. The fraction of sp³-hybridized carbons (Fsp3) is 0.409. The topological polar surface area (TPSA) is 35.6 Å². The molecule has 1 aliphatic heterocycles. The molecule has 0 spiro atoms. The van der Waals surface area contributed by atoms with Crippen molar-refractivity contribution in [3.05, 3.63) is 62.7 Å². The standard InChI is InChI=1S/C22H25F3IN3O/c1-28-8-3-9-29(11-10-28)15-17-6-7-19(14-20(17)22(23,24)25)27-21(30)13-16-4-2-5-18(26)12-16/h2,4-7,12,14H,3,8-11,13,15H2,1H3,(H,27,30). The van der Waals surface area contributed by atoms with Crippen LogP contribution >= 0.6 is 22.6 Å². The molecule has 0 bridgehead atoms. The smallest absolute Gasteiger partial charge is 0.326 e. The molecule has 1 heterocycles. The molecule has 1 aliphatic rings. The molecule has 2 aromatic rings. The number of alkyl halides is 3. The molecule has 1 N–H and O–H groups in total. The number of nitrogens with zero attached hydrogens (tertiary/aromatic N) is 2. The highest BCUT2D eigenvalue weighted by molar-refractivity contribution is 14.1. The first-order valence-corrected chi connectivity index (χ1v) is 10.9. The predicted molar refractivity (Wildman–Crippen MR) is 120 cm³/mol. The maximum absolute atomic E-state index is 13.7. The van der Waals surface area contributed by atoms with Gasteiger partial charge in [0.05, 0.1) is 12.0 Å². The number of likely N-dealkylation sites (N-methyl/N-ethyl adjacent to an activating group) is 1. The van der Waals surface area contributed by atoms with Gasteiger partial charge in [0.1, 0.15) is 0 Å². The number of hydrogen-bond donors (Lipinski definition) is 1. The third-order valence-electron chi connectivity index (χ3n) is 5.16. The van der Waals surface area contributed by atoms with E-state index in [1.807, 2.05) is 31.3 Å². The Labute approximate surface area is 188 Å². The molecule has 0 unspecified atom stereocenters. The molecule has 1 amide bonds. The minimum absolute atomic E-state index is 0.112. The number of benzene rings is 2. The Hall–Kier alpha value is -1.65. The average molecular weight is 531 g/mol. The van der Waals surface area contributed by atoms with E-state index in [1.165, 1.54) is 6.07 Å². The summed E-state index contributed by atoms with van der Waals surface area (Å²) in [6.45, 7) is 3.56. The van der Waals surface area contributed by atoms with Crippen molar-refractivity contribution in [1.29, 1.82) is 0 Å². The van der Waals surface area contributed by atoms with Crippen LogP contribution in [0.4, 0.5) is 18.9 Å². The summed E-state index contributed by atoms with van der Waals surface area (Å²) in [6.07, 6.45) is -3.43. The van der Waals surface area contributed by atoms with Crippen molar-refractivity contribution in [3.63, 3.8) is 0 Å². The summed E-state index contributed by atoms with van der Waals surface area (Å²) in [5.41, 5.74) is 0.533. The van der Waals surface area contributed by atoms with E-state index in [-0.39, 0.29) is 30.1 Å². The Morgan fingerprint density at radius 3 is 2.63 bits per heavy atom. The van der Waals surface area contributed by atoms with E-state index in [9.17, 15) is 18.0 Å². The highest BCUT2D eigenvalue weighted by Crippen LogP contribution is 2.34. The minimum atomic E-state index is -4.48. The summed E-state index contributed by atoms with van der Waals surface area (Å²) in [6, 6.07) is 11.6. The average Bonchev–Trinajstić information content (AvgIpc) is 2.86. The number of anilines is 1. The first-order valence-electron chi connectivity index (χ1n) is 9.86. The van der Waals surface area contributed by atoms with Crippen LogP contribution in [0, 0.1) is 3.57 Å². The van der Waals surface area contributed by atoms with Crippen LogP contribution < -0.4 is 5.32 Å². The van der Waals surface area contributed by atoms with Gasteiger partial charge in [-0.3, -0.25) is 9.69 Å². The zero-order chi connectivity index (χ0) is 21.7. The Kier molecular flexibility index (Phi) is 7.75. The molecule has 0 aromatic heterocycles. The van der Waals surface area contributed by atoms with E-state index in [0.717, 1.165) is 47.8 Å². The van der Waals surface area contributed by atoms with Gasteiger partial charge in [0.25, 0.3) is 0 Å². The fourth-order valence-corrected chi connectivity index (χ4v) is 4.20. The molecule has 0 saturated carbocycles. The molecule has 0 atom stereocenters. The van der Waals surface area contributed by atoms with Crippen molar-refractivity contribution < 1.29 is 18.0 Å². The Morgan fingerprint density at radius 1 is 1.10 bits per heavy atom. The highest BCUT2D eigenvalue weighted by atomic mass is 127. The van der Waals surface area contributed by atoms with Crippen molar-refractivity contribution in [2.75, 3.05) is 38.5 Å². The molecule has 30 heavy (non-hydrogen) atoms. The second kappa shape index (κ2) is 10.1. The van der Waals surface area contributed by atoms with E-state index < -0.39 is 11.7 Å². The molecule has 4 nitrogen and oxygen atoms in total. The van der Waals surface area contributed by atoms with Gasteiger partial charge in [0.15, 0.2) is 0 Å². The van der Waals surface area contributed by atoms with Gasteiger partial charge in [-0.1, -0.05) is 18.2 Å². The van der Waals surface area contributed by atoms with Gasteiger partial charge in [-0.05, 0) is 84.5 Å². The van der Waals surface area contributed by atoms with Crippen molar-refractivity contribution in [2.45, 2.75) is 25.6 Å². The normalized spacial score (nSPS) is 16.3. The molecular weight excluding hydrogens is 506 g/mol. The van der Waals surface area contributed by atoms with Gasteiger partial charge in [-0.2, -0.15) is 13.2 Å². The molecule has 2 aromatic carbocycles. The number of nitrogens with one attached hydrogen (secondary N) is 1. The summed E-state index contributed by atoms with van der Waals surface area (Å²) >= 11 is 2.16. The van der Waals surface area contributed by atoms with E-state index >= 15 is 0 Å². The van der Waals surface area contributed by atoms with Crippen LogP contribution in [0.3, 0.4) is 0 Å². The lowest BCUT2D eigenvalue weighted by molar-refractivity contribution is -0.138. The Morgan fingerprint density at radius 2 is 1.90 bits per heavy atom. The monoisotopic (exact) mass is 531 g/mol. The third kappa shape index (κ3) is 6.68. The van der Waals surface area contributed by atoms with Crippen LogP contribution in [0.25, 0.3) is 0 Å². The highest BCUT2D eigenvalue weighted by Gasteiger charge is 2.34. The molecule has 1 fully saturated rings. The summed E-state index contributed by atoms with van der Waals surface area (Å²) < 4.78 is 42.1. The molecule has 162 valence electrons. The van der Waals surface area contributed by atoms with E-state index in [0.29, 0.717) is 0 Å². The third-order valence-corrected chi connectivity index (χ3v) is 5.83. The van der Waals surface area contributed by atoms with Crippen LogP contribution in [0.1, 0.15) is 23.1 Å². The largest absolute Gasteiger partial charge is 0.416 e. The number of amides is 1. The van der Waals surface area contributed by atoms with Gasteiger partial charge < -0.3 is 10.2 Å². The predicted octanol–water partition coefficient (Wildman–Crippen LogP) is 4.63. The van der Waals surface area contributed by atoms with E-state index in [1.54, 1.807) is 6.07 Å². The maximum atomic E-state index is 13.7. The van der Waals surface area contributed by atoms with Crippen LogP contribution in [0.15, 0.2) is 42.5 Å². The summed E-state index contributed by atoms with van der Waals surface area (Å²) in [5.74, 6) is -0.339. The quantitative estimate of drug-likeness (QED) is 0.572. The SMILES string of the molecule is CN1CCCN(Cc2ccc(NC(=O)Cc3cccc(I)c3)cc2C(F)(F)F)CC1. The van der Waals surface area contributed by atoms with Crippen LogP contribution in [-0.4, -0.2) is 48.9 Å². The van der Waals surface area contributed by atoms with Crippen LogP contribution in [0.2, 0.25) is 0 Å². The van der Waals surface area contributed by atoms with E-state index in [2.05, 4.69) is 37.7 Å². The molecule has 8 heteroatoms. The van der Waals surface area contributed by atoms with Crippen LogP contribution in [0.5, 0.6) is 0 Å². The first-order chi connectivity index (χ1) is 14.2. The lowest BCUT2D eigenvalue weighted by Crippen LogP contribution is -2.29. The van der Waals surface area contributed by atoms with Gasteiger partial charge in [0, 0.05) is 28.9 Å². The van der Waals surface area contributed by atoms with Crippen molar-refractivity contribution >= 4 is 34.2 Å². The Bertz CT molecular complexity index is 888. The van der Waals surface area contributed by atoms with Crippen molar-refractivity contribution in [2.24, 2.45) is 0 Å². The van der Waals surface area contributed by atoms with Gasteiger partial charge in [-0.25, -0.2) is 0 Å². The van der Waals surface area contributed by atoms with Gasteiger partial charge >= 0.3 is 6.18 Å². The summed E-state index contributed by atoms with van der Waals surface area (Å²) in [7, 11) is 2.03. The van der Waals surface area contributed by atoms with Crippen molar-refractivity contribution in [1.82, 2.24) is 9.80 Å². The van der Waals surface area contributed by atoms with Gasteiger partial charge in [0.2, 0.25) is 5.91 Å². The number of hydrogen-bond acceptors (Lipinski definition) is 3. The lowest BCUT2D eigenvalue weighted by Gasteiger charge is -2.23.